The van der Waals surface area contributed by atoms with Crippen molar-refractivity contribution < 1.29 is 17.9 Å². The van der Waals surface area contributed by atoms with Crippen LogP contribution in [0.5, 0.6) is 0 Å². The van der Waals surface area contributed by atoms with Gasteiger partial charge in [-0.15, -0.1) is 0 Å². The van der Waals surface area contributed by atoms with E-state index in [0.29, 0.717) is 5.69 Å². The summed E-state index contributed by atoms with van der Waals surface area (Å²) in [5.74, 6) is -0.700. The standard InChI is InChI=1S/C15H14BrNO4S/c1-10-9-11(16)7-8-13(10)17-22(19,20)14-6-4-3-5-12(14)15(18)21-2/h3-9,17H,1-2H3. The molecule has 0 aromatic heterocycles. The van der Waals surface area contributed by atoms with Gasteiger partial charge in [0, 0.05) is 4.47 Å². The van der Waals surface area contributed by atoms with Crippen molar-refractivity contribution in [2.75, 3.05) is 11.8 Å². The number of rotatable bonds is 4. The Hall–Kier alpha value is -1.86. The van der Waals surface area contributed by atoms with Gasteiger partial charge in [0.2, 0.25) is 0 Å². The van der Waals surface area contributed by atoms with E-state index in [9.17, 15) is 13.2 Å². The average molecular weight is 384 g/mol. The number of sulfonamides is 1. The van der Waals surface area contributed by atoms with Gasteiger partial charge in [-0.1, -0.05) is 28.1 Å². The molecule has 0 unspecified atom stereocenters. The van der Waals surface area contributed by atoms with Gasteiger partial charge in [0.25, 0.3) is 10.0 Å². The number of hydrogen-bond donors (Lipinski definition) is 1. The van der Waals surface area contributed by atoms with E-state index in [-0.39, 0.29) is 10.5 Å². The molecule has 0 saturated heterocycles. The summed E-state index contributed by atoms with van der Waals surface area (Å²) < 4.78 is 33.1. The number of benzene rings is 2. The van der Waals surface area contributed by atoms with Crippen molar-refractivity contribution in [1.82, 2.24) is 0 Å². The van der Waals surface area contributed by atoms with Crippen molar-refractivity contribution in [2.24, 2.45) is 0 Å². The Balaban J connectivity index is 2.45. The van der Waals surface area contributed by atoms with Gasteiger partial charge in [0.1, 0.15) is 4.90 Å². The zero-order valence-electron chi connectivity index (χ0n) is 12.0. The zero-order valence-corrected chi connectivity index (χ0v) is 14.4. The molecule has 1 N–H and O–H groups in total. The molecule has 2 aromatic carbocycles. The van der Waals surface area contributed by atoms with Crippen molar-refractivity contribution in [3.8, 4) is 0 Å². The summed E-state index contributed by atoms with van der Waals surface area (Å²) in [7, 11) is -2.69. The maximum absolute atomic E-state index is 12.5. The van der Waals surface area contributed by atoms with Crippen LogP contribution in [0.4, 0.5) is 5.69 Å². The van der Waals surface area contributed by atoms with Gasteiger partial charge in [-0.3, -0.25) is 4.72 Å². The highest BCUT2D eigenvalue weighted by atomic mass is 79.9. The minimum Gasteiger partial charge on any atom is -0.465 e. The Morgan fingerprint density at radius 1 is 1.18 bits per heavy atom. The molecular weight excluding hydrogens is 370 g/mol. The van der Waals surface area contributed by atoms with Crippen molar-refractivity contribution in [2.45, 2.75) is 11.8 Å². The van der Waals surface area contributed by atoms with Gasteiger partial charge in [-0.25, -0.2) is 13.2 Å². The molecule has 0 amide bonds. The predicted octanol–water partition coefficient (Wildman–Crippen LogP) is 3.34. The predicted molar refractivity (Wildman–Crippen MR) is 87.5 cm³/mol. The first-order valence-electron chi connectivity index (χ1n) is 6.31. The van der Waals surface area contributed by atoms with E-state index in [1.165, 1.54) is 19.2 Å². The molecule has 22 heavy (non-hydrogen) atoms. The number of aryl methyl sites for hydroxylation is 1. The molecule has 0 heterocycles. The fourth-order valence-electron chi connectivity index (χ4n) is 1.92. The summed E-state index contributed by atoms with van der Waals surface area (Å²) in [6.07, 6.45) is 0. The number of nitrogens with one attached hydrogen (secondary N) is 1. The van der Waals surface area contributed by atoms with E-state index in [4.69, 9.17) is 0 Å². The third kappa shape index (κ3) is 3.48. The fourth-order valence-corrected chi connectivity index (χ4v) is 3.72. The monoisotopic (exact) mass is 383 g/mol. The molecule has 116 valence electrons. The van der Waals surface area contributed by atoms with Gasteiger partial charge >= 0.3 is 5.97 Å². The van der Waals surface area contributed by atoms with E-state index in [2.05, 4.69) is 25.4 Å². The minimum absolute atomic E-state index is 0.00716. The van der Waals surface area contributed by atoms with Crippen molar-refractivity contribution in [3.63, 3.8) is 0 Å². The average Bonchev–Trinajstić information content (AvgIpc) is 2.49. The van der Waals surface area contributed by atoms with Gasteiger partial charge in [-0.2, -0.15) is 0 Å². The first-order chi connectivity index (χ1) is 10.3. The molecule has 0 saturated carbocycles. The molecule has 0 spiro atoms. The molecule has 0 bridgehead atoms. The zero-order chi connectivity index (χ0) is 16.3. The number of anilines is 1. The van der Waals surface area contributed by atoms with E-state index in [1.807, 2.05) is 0 Å². The molecule has 7 heteroatoms. The number of esters is 1. The normalized spacial score (nSPS) is 11.0. The topological polar surface area (TPSA) is 72.5 Å². The van der Waals surface area contributed by atoms with Crippen LogP contribution < -0.4 is 4.72 Å². The largest absolute Gasteiger partial charge is 0.465 e. The fraction of sp³-hybridized carbons (Fsp3) is 0.133. The van der Waals surface area contributed by atoms with Gasteiger partial charge in [-0.05, 0) is 42.8 Å². The van der Waals surface area contributed by atoms with E-state index in [0.717, 1.165) is 10.0 Å². The van der Waals surface area contributed by atoms with Crippen molar-refractivity contribution in [1.29, 1.82) is 0 Å². The lowest BCUT2D eigenvalue weighted by molar-refractivity contribution is 0.0596. The SMILES string of the molecule is COC(=O)c1ccccc1S(=O)(=O)Nc1ccc(Br)cc1C. The van der Waals surface area contributed by atoms with Gasteiger partial charge in [0.05, 0.1) is 18.4 Å². The lowest BCUT2D eigenvalue weighted by atomic mass is 10.2. The quantitative estimate of drug-likeness (QED) is 0.821. The van der Waals surface area contributed by atoms with Gasteiger partial charge in [0.15, 0.2) is 0 Å². The second kappa shape index (κ2) is 6.50. The van der Waals surface area contributed by atoms with Crippen LogP contribution in [0.25, 0.3) is 0 Å². The molecule has 2 rings (SSSR count). The molecule has 5 nitrogen and oxygen atoms in total. The molecule has 0 aliphatic heterocycles. The van der Waals surface area contributed by atoms with Crippen molar-refractivity contribution in [3.05, 3.63) is 58.1 Å². The van der Waals surface area contributed by atoms with Crippen LogP contribution in [0.3, 0.4) is 0 Å². The molecule has 0 radical (unpaired) electrons. The molecule has 0 aliphatic carbocycles. The van der Waals surface area contributed by atoms with Crippen LogP contribution in [0.15, 0.2) is 51.8 Å². The summed E-state index contributed by atoms with van der Waals surface area (Å²) in [5, 5.41) is 0. The number of methoxy groups -OCH3 is 1. The maximum atomic E-state index is 12.5. The minimum atomic E-state index is -3.90. The Kier molecular flexibility index (Phi) is 4.87. The van der Waals surface area contributed by atoms with Crippen LogP contribution in [0.2, 0.25) is 0 Å². The molecular formula is C15H14BrNO4S. The first kappa shape index (κ1) is 16.5. The summed E-state index contributed by atoms with van der Waals surface area (Å²) in [6, 6.07) is 11.1. The third-order valence-corrected chi connectivity index (χ3v) is 4.93. The van der Waals surface area contributed by atoms with Crippen LogP contribution in [-0.4, -0.2) is 21.5 Å². The first-order valence-corrected chi connectivity index (χ1v) is 8.59. The number of halogens is 1. The number of hydrogen-bond acceptors (Lipinski definition) is 4. The Bertz CT molecular complexity index is 818. The Labute approximate surface area is 137 Å². The Morgan fingerprint density at radius 3 is 2.50 bits per heavy atom. The summed E-state index contributed by atoms with van der Waals surface area (Å²) in [4.78, 5) is 11.6. The lowest BCUT2D eigenvalue weighted by Gasteiger charge is -2.13. The van der Waals surface area contributed by atoms with E-state index in [1.54, 1.807) is 37.3 Å². The van der Waals surface area contributed by atoms with E-state index >= 15 is 0 Å². The highest BCUT2D eigenvalue weighted by Crippen LogP contribution is 2.24. The summed E-state index contributed by atoms with van der Waals surface area (Å²) in [6.45, 7) is 1.79. The van der Waals surface area contributed by atoms with E-state index < -0.39 is 16.0 Å². The van der Waals surface area contributed by atoms with Crippen LogP contribution in [0.1, 0.15) is 15.9 Å². The summed E-state index contributed by atoms with van der Waals surface area (Å²) >= 11 is 3.32. The van der Waals surface area contributed by atoms with Gasteiger partial charge < -0.3 is 4.74 Å². The third-order valence-electron chi connectivity index (χ3n) is 3.01. The van der Waals surface area contributed by atoms with Crippen LogP contribution in [0, 0.1) is 6.92 Å². The van der Waals surface area contributed by atoms with Crippen molar-refractivity contribution >= 4 is 37.6 Å². The lowest BCUT2D eigenvalue weighted by Crippen LogP contribution is -2.18. The highest BCUT2D eigenvalue weighted by Gasteiger charge is 2.23. The highest BCUT2D eigenvalue weighted by molar-refractivity contribution is 9.10. The maximum Gasteiger partial charge on any atom is 0.339 e. The molecule has 0 fully saturated rings. The number of ether oxygens (including phenoxy) is 1. The number of carbonyl (C=O) groups excluding carboxylic acids is 1. The second-order valence-electron chi connectivity index (χ2n) is 4.55. The molecule has 0 atom stereocenters. The summed E-state index contributed by atoms with van der Waals surface area (Å²) in [5.41, 5.74) is 1.20. The molecule has 0 aliphatic rings. The Morgan fingerprint density at radius 2 is 1.86 bits per heavy atom. The van der Waals surface area contributed by atoms with Crippen LogP contribution >= 0.6 is 15.9 Å². The number of carbonyl (C=O) groups is 1. The van der Waals surface area contributed by atoms with Crippen LogP contribution in [-0.2, 0) is 14.8 Å². The molecule has 2 aromatic rings. The smallest absolute Gasteiger partial charge is 0.339 e. The second-order valence-corrected chi connectivity index (χ2v) is 7.12.